The number of nitrogens with one attached hydrogen (secondary N) is 1. The molecule has 1 amide bonds. The molecule has 0 aromatic carbocycles. The molecular formula is C13H15ClF3N3O4. The van der Waals surface area contributed by atoms with Crippen molar-refractivity contribution in [3.8, 4) is 0 Å². The molecule has 1 fully saturated rings. The van der Waals surface area contributed by atoms with Crippen LogP contribution in [0.15, 0.2) is 0 Å². The van der Waals surface area contributed by atoms with Crippen LogP contribution in [0.5, 0.6) is 0 Å². The minimum absolute atomic E-state index is 0.276. The van der Waals surface area contributed by atoms with E-state index < -0.39 is 52.6 Å². The van der Waals surface area contributed by atoms with Gasteiger partial charge in [0.15, 0.2) is 11.5 Å². The van der Waals surface area contributed by atoms with E-state index in [2.05, 4.69) is 10.3 Å². The number of alkyl halides is 3. The van der Waals surface area contributed by atoms with E-state index in [1.165, 1.54) is 0 Å². The molecule has 24 heavy (non-hydrogen) atoms. The Bertz CT molecular complexity index is 681. The van der Waals surface area contributed by atoms with Gasteiger partial charge in [0.1, 0.15) is 5.60 Å². The molecule has 1 aromatic heterocycles. The Hall–Kier alpha value is -1.97. The molecule has 0 radical (unpaired) electrons. The number of imidazole rings is 1. The number of carboxylic acid groups (broad SMARTS) is 1. The van der Waals surface area contributed by atoms with E-state index in [1.54, 1.807) is 20.8 Å². The van der Waals surface area contributed by atoms with Gasteiger partial charge < -0.3 is 9.84 Å². The van der Waals surface area contributed by atoms with Gasteiger partial charge in [0.2, 0.25) is 5.28 Å². The third-order valence-electron chi connectivity index (χ3n) is 3.20. The number of ether oxygens (including phenoxy) is 1. The fraction of sp³-hybridized carbons (Fsp3) is 0.615. The first-order valence-electron chi connectivity index (χ1n) is 6.89. The second-order valence-electron chi connectivity index (χ2n) is 6.33. The highest BCUT2D eigenvalue weighted by Gasteiger charge is 2.58. The van der Waals surface area contributed by atoms with Crippen molar-refractivity contribution in [1.82, 2.24) is 9.55 Å². The molecule has 2 N–H and O–H groups in total. The maximum absolute atomic E-state index is 12.8. The van der Waals surface area contributed by atoms with E-state index >= 15 is 0 Å². The molecule has 1 aliphatic rings. The molecule has 1 heterocycles. The van der Waals surface area contributed by atoms with E-state index in [1.807, 2.05) is 0 Å². The van der Waals surface area contributed by atoms with E-state index in [0.717, 1.165) is 4.57 Å². The monoisotopic (exact) mass is 369 g/mol. The molecule has 0 spiro atoms. The van der Waals surface area contributed by atoms with Crippen molar-refractivity contribution in [2.24, 2.45) is 5.92 Å². The molecule has 7 nitrogen and oxygen atoms in total. The third-order valence-corrected chi connectivity index (χ3v) is 3.47. The Kier molecular flexibility index (Phi) is 4.47. The summed E-state index contributed by atoms with van der Waals surface area (Å²) in [6.45, 7) is 4.74. The van der Waals surface area contributed by atoms with Gasteiger partial charge >= 0.3 is 18.2 Å². The molecule has 2 atom stereocenters. The molecule has 1 aromatic rings. The number of anilines is 1. The number of carbonyl (C=O) groups excluding carboxylic acids is 1. The Morgan fingerprint density at radius 3 is 2.38 bits per heavy atom. The van der Waals surface area contributed by atoms with E-state index in [4.69, 9.17) is 21.4 Å². The number of hydrogen-bond acceptors (Lipinski definition) is 4. The SMILES string of the molecule is CC(C)(C)OC(=O)Nc1c(C(=O)O)nc(Cl)n1[C@@H]1C[C@H]1C(F)(F)F. The van der Waals surface area contributed by atoms with Crippen LogP contribution in [0, 0.1) is 5.92 Å². The summed E-state index contributed by atoms with van der Waals surface area (Å²) >= 11 is 5.79. The Balaban J connectivity index is 2.35. The minimum Gasteiger partial charge on any atom is -0.476 e. The number of amides is 1. The number of nitrogens with zero attached hydrogens (tertiary/aromatic N) is 2. The van der Waals surface area contributed by atoms with Crippen LogP contribution in [0.25, 0.3) is 0 Å². The maximum atomic E-state index is 12.8. The fourth-order valence-electron chi connectivity index (χ4n) is 2.20. The lowest BCUT2D eigenvalue weighted by molar-refractivity contribution is -0.150. The molecule has 2 rings (SSSR count). The predicted molar refractivity (Wildman–Crippen MR) is 77.3 cm³/mol. The Labute approximate surface area is 139 Å². The molecule has 1 aliphatic carbocycles. The van der Waals surface area contributed by atoms with Gasteiger partial charge in [-0.2, -0.15) is 13.2 Å². The normalized spacial score (nSPS) is 20.6. The van der Waals surface area contributed by atoms with Crippen LogP contribution in [-0.2, 0) is 4.74 Å². The Morgan fingerprint density at radius 1 is 1.38 bits per heavy atom. The van der Waals surface area contributed by atoms with Gasteiger partial charge in [0.25, 0.3) is 0 Å². The van der Waals surface area contributed by atoms with E-state index in [9.17, 15) is 22.8 Å². The van der Waals surface area contributed by atoms with Gasteiger partial charge in [-0.3, -0.25) is 9.88 Å². The molecular weight excluding hydrogens is 355 g/mol. The average Bonchev–Trinajstić information content (AvgIpc) is 3.07. The first-order chi connectivity index (χ1) is 10.8. The predicted octanol–water partition coefficient (Wildman–Crippen LogP) is 3.71. The zero-order chi connectivity index (χ0) is 18.4. The number of aromatic carboxylic acids is 1. The van der Waals surface area contributed by atoms with Crippen molar-refractivity contribution in [2.45, 2.75) is 45.0 Å². The van der Waals surface area contributed by atoms with E-state index in [0.29, 0.717) is 0 Å². The topological polar surface area (TPSA) is 93.4 Å². The lowest BCUT2D eigenvalue weighted by Crippen LogP contribution is -2.28. The second kappa shape index (κ2) is 5.83. The number of rotatable bonds is 3. The summed E-state index contributed by atoms with van der Waals surface area (Å²) in [6.07, 6.45) is -5.75. The van der Waals surface area contributed by atoms with Crippen molar-refractivity contribution in [3.63, 3.8) is 0 Å². The first kappa shape index (κ1) is 18.4. The minimum atomic E-state index is -4.45. The van der Waals surface area contributed by atoms with Crippen molar-refractivity contribution < 1.29 is 32.6 Å². The van der Waals surface area contributed by atoms with Crippen LogP contribution >= 0.6 is 11.6 Å². The van der Waals surface area contributed by atoms with Crippen LogP contribution in [0.4, 0.5) is 23.8 Å². The molecule has 1 saturated carbocycles. The van der Waals surface area contributed by atoms with Crippen molar-refractivity contribution in [1.29, 1.82) is 0 Å². The number of hydrogen-bond donors (Lipinski definition) is 2. The summed E-state index contributed by atoms with van der Waals surface area (Å²) in [5.41, 5.74) is -1.53. The van der Waals surface area contributed by atoms with Crippen LogP contribution in [0.1, 0.15) is 43.7 Å². The number of aromatic nitrogens is 2. The molecule has 0 unspecified atom stereocenters. The highest BCUT2D eigenvalue weighted by molar-refractivity contribution is 6.29. The van der Waals surface area contributed by atoms with Gasteiger partial charge in [0.05, 0.1) is 12.0 Å². The summed E-state index contributed by atoms with van der Waals surface area (Å²) < 4.78 is 44.2. The van der Waals surface area contributed by atoms with Crippen LogP contribution < -0.4 is 5.32 Å². The zero-order valence-corrected chi connectivity index (χ0v) is 13.7. The average molecular weight is 370 g/mol. The van der Waals surface area contributed by atoms with Gasteiger partial charge in [0, 0.05) is 0 Å². The van der Waals surface area contributed by atoms with Crippen LogP contribution in [0.3, 0.4) is 0 Å². The van der Waals surface area contributed by atoms with Gasteiger partial charge in [-0.25, -0.2) is 14.6 Å². The highest BCUT2D eigenvalue weighted by Crippen LogP contribution is 2.55. The summed E-state index contributed by atoms with van der Waals surface area (Å²) in [5, 5.41) is 10.8. The smallest absolute Gasteiger partial charge is 0.413 e. The van der Waals surface area contributed by atoms with E-state index in [-0.39, 0.29) is 6.42 Å². The second-order valence-corrected chi connectivity index (χ2v) is 6.67. The summed E-state index contributed by atoms with van der Waals surface area (Å²) in [4.78, 5) is 26.6. The molecule has 0 aliphatic heterocycles. The number of halogens is 4. The summed E-state index contributed by atoms with van der Waals surface area (Å²) in [5.74, 6) is -3.64. The lowest BCUT2D eigenvalue weighted by Gasteiger charge is -2.20. The summed E-state index contributed by atoms with van der Waals surface area (Å²) in [7, 11) is 0. The van der Waals surface area contributed by atoms with Gasteiger partial charge in [-0.05, 0) is 38.8 Å². The fourth-order valence-corrected chi connectivity index (χ4v) is 2.49. The standard InChI is InChI=1S/C13H15ClF3N3O4/c1-12(2,3)24-11(23)19-8-7(9(21)22)18-10(14)20(8)6-4-5(6)13(15,16)17/h5-6H,4H2,1-3H3,(H,19,23)(H,21,22)/t5-,6-/m1/s1. The first-order valence-corrected chi connectivity index (χ1v) is 7.27. The number of carbonyl (C=O) groups is 2. The maximum Gasteiger partial charge on any atom is 0.413 e. The van der Waals surface area contributed by atoms with Crippen LogP contribution in [-0.4, -0.2) is 38.5 Å². The lowest BCUT2D eigenvalue weighted by atomic mass is 10.2. The third kappa shape index (κ3) is 3.92. The van der Waals surface area contributed by atoms with Gasteiger partial charge in [-0.1, -0.05) is 0 Å². The molecule has 0 bridgehead atoms. The molecule has 11 heteroatoms. The molecule has 0 saturated heterocycles. The van der Waals surface area contributed by atoms with Crippen molar-refractivity contribution in [2.75, 3.05) is 5.32 Å². The quantitative estimate of drug-likeness (QED) is 0.847. The molecule has 134 valence electrons. The van der Waals surface area contributed by atoms with Gasteiger partial charge in [-0.15, -0.1) is 0 Å². The van der Waals surface area contributed by atoms with Crippen molar-refractivity contribution in [3.05, 3.63) is 11.0 Å². The highest BCUT2D eigenvalue weighted by atomic mass is 35.5. The number of carboxylic acids is 1. The zero-order valence-electron chi connectivity index (χ0n) is 12.9. The van der Waals surface area contributed by atoms with Crippen LogP contribution in [0.2, 0.25) is 5.28 Å². The largest absolute Gasteiger partial charge is 0.476 e. The Morgan fingerprint density at radius 2 is 1.96 bits per heavy atom. The van der Waals surface area contributed by atoms with Crippen molar-refractivity contribution >= 4 is 29.5 Å². The summed E-state index contributed by atoms with van der Waals surface area (Å²) in [6, 6.07) is -1.12.